The molecule has 3 aliphatic rings. The van der Waals surface area contributed by atoms with Gasteiger partial charge in [0.15, 0.2) is 0 Å². The van der Waals surface area contributed by atoms with E-state index in [1.807, 2.05) is 0 Å². The van der Waals surface area contributed by atoms with Gasteiger partial charge in [-0.05, 0) is 76.3 Å². The summed E-state index contributed by atoms with van der Waals surface area (Å²) in [5.74, 6) is 0. The molecular formula is C22H22N4. The molecule has 0 amide bonds. The van der Waals surface area contributed by atoms with Crippen LogP contribution in [0.15, 0.2) is 69.9 Å². The van der Waals surface area contributed by atoms with Crippen LogP contribution >= 0.6 is 0 Å². The summed E-state index contributed by atoms with van der Waals surface area (Å²) in [6.45, 7) is 8.81. The van der Waals surface area contributed by atoms with E-state index in [0.717, 1.165) is 45.6 Å². The number of nitrogens with one attached hydrogen (secondary N) is 2. The summed E-state index contributed by atoms with van der Waals surface area (Å²) in [5, 5.41) is 0. The van der Waals surface area contributed by atoms with Gasteiger partial charge < -0.3 is 9.97 Å². The van der Waals surface area contributed by atoms with Crippen LogP contribution in [0.2, 0.25) is 0 Å². The van der Waals surface area contributed by atoms with E-state index in [-0.39, 0.29) is 10.8 Å². The van der Waals surface area contributed by atoms with Gasteiger partial charge in [-0.2, -0.15) is 0 Å². The first-order valence-electron chi connectivity index (χ1n) is 9.04. The molecule has 0 radical (unpaired) electrons. The topological polar surface area (TPSA) is 56.3 Å². The Morgan fingerprint density at radius 2 is 1.04 bits per heavy atom. The van der Waals surface area contributed by atoms with Gasteiger partial charge in [0.05, 0.1) is 34.2 Å². The molecular weight excluding hydrogens is 320 g/mol. The second-order valence-electron chi connectivity index (χ2n) is 8.25. The molecule has 0 spiro atoms. The molecule has 0 aliphatic carbocycles. The third-order valence-corrected chi connectivity index (χ3v) is 5.83. The number of aromatic nitrogens is 2. The quantitative estimate of drug-likeness (QED) is 0.690. The van der Waals surface area contributed by atoms with Gasteiger partial charge >= 0.3 is 0 Å². The zero-order valence-electron chi connectivity index (χ0n) is 15.5. The SMILES string of the molecule is CC1(C)C2=NC(=C3C=CC(=N3)C(C)(C)c3ccc([nH]3)-c3ccc1[nH]3)C=C2. The molecule has 0 aromatic carbocycles. The van der Waals surface area contributed by atoms with E-state index in [9.17, 15) is 0 Å². The molecule has 0 fully saturated rings. The summed E-state index contributed by atoms with van der Waals surface area (Å²) in [6, 6.07) is 8.60. The highest BCUT2D eigenvalue weighted by Crippen LogP contribution is 2.36. The predicted molar refractivity (Wildman–Crippen MR) is 107 cm³/mol. The zero-order valence-corrected chi connectivity index (χ0v) is 15.5. The summed E-state index contributed by atoms with van der Waals surface area (Å²) >= 11 is 0. The van der Waals surface area contributed by atoms with Crippen LogP contribution in [0.3, 0.4) is 0 Å². The molecule has 0 unspecified atom stereocenters. The molecule has 0 saturated heterocycles. The van der Waals surface area contributed by atoms with E-state index in [2.05, 4.69) is 86.2 Å². The van der Waals surface area contributed by atoms with Crippen molar-refractivity contribution in [2.45, 2.75) is 38.5 Å². The van der Waals surface area contributed by atoms with Crippen molar-refractivity contribution >= 4 is 11.4 Å². The Bertz CT molecular complexity index is 991. The molecule has 2 N–H and O–H groups in total. The van der Waals surface area contributed by atoms with Gasteiger partial charge in [0.2, 0.25) is 0 Å². The highest BCUT2D eigenvalue weighted by Gasteiger charge is 2.33. The Morgan fingerprint density at radius 3 is 1.46 bits per heavy atom. The first-order valence-corrected chi connectivity index (χ1v) is 9.04. The van der Waals surface area contributed by atoms with Crippen molar-refractivity contribution in [3.63, 3.8) is 0 Å². The Labute approximate surface area is 153 Å². The Kier molecular flexibility index (Phi) is 2.87. The second kappa shape index (κ2) is 4.85. The molecule has 0 atom stereocenters. The van der Waals surface area contributed by atoms with Crippen LogP contribution in [-0.4, -0.2) is 21.4 Å². The molecule has 5 rings (SSSR count). The summed E-state index contributed by atoms with van der Waals surface area (Å²) in [5.41, 5.74) is 8.06. The summed E-state index contributed by atoms with van der Waals surface area (Å²) in [7, 11) is 0. The average Bonchev–Trinajstić information content (AvgIpc) is 3.41. The standard InChI is InChI=1S/C22H22N4/c1-21(2)17-9-5-13(23-17)15-7-11-19(25-15)22(3,4)20-12-8-16(26-20)14-6-10-18(21)24-14/h5-12,23,25H,1-4H3. The van der Waals surface area contributed by atoms with Crippen LogP contribution < -0.4 is 0 Å². The lowest BCUT2D eigenvalue weighted by atomic mass is 9.84. The van der Waals surface area contributed by atoms with Gasteiger partial charge in [0, 0.05) is 22.2 Å². The highest BCUT2D eigenvalue weighted by atomic mass is 14.9. The second-order valence-corrected chi connectivity index (χ2v) is 8.25. The van der Waals surface area contributed by atoms with Gasteiger partial charge in [-0.25, -0.2) is 0 Å². The van der Waals surface area contributed by atoms with Crippen LogP contribution in [0.5, 0.6) is 0 Å². The highest BCUT2D eigenvalue weighted by molar-refractivity contribution is 6.08. The maximum absolute atomic E-state index is 4.90. The zero-order chi connectivity index (χ0) is 18.1. The van der Waals surface area contributed by atoms with Crippen molar-refractivity contribution in [1.82, 2.24) is 9.97 Å². The summed E-state index contributed by atoms with van der Waals surface area (Å²) in [6.07, 6.45) is 8.38. The largest absolute Gasteiger partial charge is 0.356 e. The Balaban J connectivity index is 1.79. The monoisotopic (exact) mass is 342 g/mol. The number of rotatable bonds is 0. The van der Waals surface area contributed by atoms with Gasteiger partial charge in [-0.15, -0.1) is 0 Å². The first-order chi connectivity index (χ1) is 12.4. The first kappa shape index (κ1) is 15.4. The third-order valence-electron chi connectivity index (χ3n) is 5.83. The lowest BCUT2D eigenvalue weighted by Gasteiger charge is -2.23. The van der Waals surface area contributed by atoms with Crippen LogP contribution in [0.1, 0.15) is 39.1 Å². The van der Waals surface area contributed by atoms with E-state index in [1.54, 1.807) is 0 Å². The van der Waals surface area contributed by atoms with E-state index >= 15 is 0 Å². The van der Waals surface area contributed by atoms with Crippen molar-refractivity contribution in [2.75, 3.05) is 0 Å². The lowest BCUT2D eigenvalue weighted by molar-refractivity contribution is 0.694. The van der Waals surface area contributed by atoms with Crippen molar-refractivity contribution < 1.29 is 0 Å². The van der Waals surface area contributed by atoms with E-state index in [1.165, 1.54) is 0 Å². The van der Waals surface area contributed by atoms with E-state index in [0.29, 0.717) is 0 Å². The normalized spacial score (nSPS) is 21.7. The summed E-state index contributed by atoms with van der Waals surface area (Å²) in [4.78, 5) is 17.0. The third kappa shape index (κ3) is 2.02. The fraction of sp³-hybridized carbons (Fsp3) is 0.273. The number of fused-ring (bicyclic) bond motifs is 7. The number of allylic oxidation sites excluding steroid dienone is 4. The van der Waals surface area contributed by atoms with Crippen LogP contribution in [0.25, 0.3) is 11.4 Å². The molecule has 3 aliphatic heterocycles. The molecule has 5 heterocycles. The van der Waals surface area contributed by atoms with Gasteiger partial charge in [0.1, 0.15) is 0 Å². The van der Waals surface area contributed by atoms with Crippen molar-refractivity contribution in [3.8, 4) is 11.4 Å². The fourth-order valence-corrected chi connectivity index (χ4v) is 3.82. The number of hydrogen-bond acceptors (Lipinski definition) is 2. The number of H-pyrrole nitrogens is 2. The molecule has 2 aromatic rings. The molecule has 4 heteroatoms. The number of hydrogen-bond donors (Lipinski definition) is 2. The molecule has 0 saturated carbocycles. The van der Waals surface area contributed by atoms with Gasteiger partial charge in [-0.3, -0.25) is 9.98 Å². The number of aromatic amines is 2. The molecule has 2 aromatic heterocycles. The lowest BCUT2D eigenvalue weighted by Crippen LogP contribution is -2.27. The minimum absolute atomic E-state index is 0.204. The Hall–Kier alpha value is -2.88. The molecule has 130 valence electrons. The molecule has 4 nitrogen and oxygen atoms in total. The van der Waals surface area contributed by atoms with Crippen molar-refractivity contribution in [1.29, 1.82) is 0 Å². The molecule has 8 bridgehead atoms. The minimum atomic E-state index is -0.204. The smallest absolute Gasteiger partial charge is 0.0890 e. The maximum atomic E-state index is 4.90. The van der Waals surface area contributed by atoms with Crippen molar-refractivity contribution in [2.24, 2.45) is 9.98 Å². The van der Waals surface area contributed by atoms with Gasteiger partial charge in [0.25, 0.3) is 0 Å². The van der Waals surface area contributed by atoms with E-state index in [4.69, 9.17) is 9.98 Å². The fourth-order valence-electron chi connectivity index (χ4n) is 3.82. The number of nitrogens with zero attached hydrogens (tertiary/aromatic N) is 2. The average molecular weight is 342 g/mol. The van der Waals surface area contributed by atoms with E-state index < -0.39 is 0 Å². The van der Waals surface area contributed by atoms with Gasteiger partial charge in [-0.1, -0.05) is 0 Å². The Morgan fingerprint density at radius 1 is 0.615 bits per heavy atom. The van der Waals surface area contributed by atoms with Crippen LogP contribution in [0, 0.1) is 0 Å². The summed E-state index contributed by atoms with van der Waals surface area (Å²) < 4.78 is 0. The van der Waals surface area contributed by atoms with Crippen LogP contribution in [-0.2, 0) is 10.8 Å². The maximum Gasteiger partial charge on any atom is 0.0890 e. The van der Waals surface area contributed by atoms with Crippen molar-refractivity contribution in [3.05, 3.63) is 71.4 Å². The minimum Gasteiger partial charge on any atom is -0.356 e. The number of aliphatic imine (C=N–C) groups is 2. The van der Waals surface area contributed by atoms with Crippen LogP contribution in [0.4, 0.5) is 0 Å². The molecule has 26 heavy (non-hydrogen) atoms. The predicted octanol–water partition coefficient (Wildman–Crippen LogP) is 4.81.